The predicted octanol–water partition coefficient (Wildman–Crippen LogP) is 2.70. The van der Waals surface area contributed by atoms with Gasteiger partial charge < -0.3 is 0 Å². The quantitative estimate of drug-likeness (QED) is 0.849. The molecule has 0 aliphatic heterocycles. The highest BCUT2D eigenvalue weighted by Gasteiger charge is 2.34. The van der Waals surface area contributed by atoms with E-state index < -0.39 is 46.0 Å². The molecule has 0 aliphatic rings. The molecule has 1 N–H and O–H groups in total. The molecule has 0 bridgehead atoms. The summed E-state index contributed by atoms with van der Waals surface area (Å²) in [5.74, 6) is -1.00. The van der Waals surface area contributed by atoms with E-state index in [1.165, 1.54) is 13.0 Å². The first-order valence-corrected chi connectivity index (χ1v) is 7.09. The Hall–Kier alpha value is -1.22. The highest BCUT2D eigenvalue weighted by atomic mass is 32.2. The first-order valence-electron chi connectivity index (χ1n) is 5.43. The molecule has 0 aliphatic carbocycles. The third-order valence-corrected chi connectivity index (χ3v) is 3.67. The van der Waals surface area contributed by atoms with E-state index in [4.69, 9.17) is 0 Å². The van der Waals surface area contributed by atoms with Crippen LogP contribution in [0.4, 0.5) is 22.0 Å². The fraction of sp³-hybridized carbons (Fsp3) is 0.455. The number of hydrogen-bond acceptors (Lipinski definition) is 2. The summed E-state index contributed by atoms with van der Waals surface area (Å²) in [6.07, 6.45) is -7.62. The molecule has 0 saturated carbocycles. The molecule has 0 saturated heterocycles. The van der Waals surface area contributed by atoms with Gasteiger partial charge in [0.25, 0.3) is 6.43 Å². The average Bonchev–Trinajstić information content (AvgIpc) is 2.24. The minimum atomic E-state index is -4.71. The second-order valence-corrected chi connectivity index (χ2v) is 5.96. The number of rotatable bonds is 5. The normalized spacial score (nSPS) is 12.9. The molecule has 0 heterocycles. The Balaban J connectivity index is 3.05. The van der Waals surface area contributed by atoms with Gasteiger partial charge in [-0.25, -0.2) is 21.9 Å². The summed E-state index contributed by atoms with van der Waals surface area (Å²) in [6.45, 7) is 0.373. The van der Waals surface area contributed by atoms with Crippen LogP contribution in [0.1, 0.15) is 16.7 Å². The Bertz CT molecular complexity index is 569. The number of sulfonamides is 1. The SMILES string of the molecule is Cc1ccc(C(F)(F)F)c(CS(=O)(=O)NCC(F)F)c1. The van der Waals surface area contributed by atoms with Crippen molar-refractivity contribution in [1.82, 2.24) is 4.72 Å². The van der Waals surface area contributed by atoms with Crippen LogP contribution in [-0.2, 0) is 22.0 Å². The molecule has 0 fully saturated rings. The maximum absolute atomic E-state index is 12.7. The third kappa shape index (κ3) is 5.04. The van der Waals surface area contributed by atoms with E-state index in [2.05, 4.69) is 0 Å². The summed E-state index contributed by atoms with van der Waals surface area (Å²) in [6, 6.07) is 3.04. The van der Waals surface area contributed by atoms with Crippen molar-refractivity contribution >= 4 is 10.0 Å². The minimum Gasteiger partial charge on any atom is -0.212 e. The number of nitrogens with one attached hydrogen (secondary N) is 1. The first-order chi connectivity index (χ1) is 9.01. The lowest BCUT2D eigenvalue weighted by Crippen LogP contribution is -2.30. The molecule has 0 atom stereocenters. The highest BCUT2D eigenvalue weighted by Crippen LogP contribution is 2.33. The van der Waals surface area contributed by atoms with Gasteiger partial charge in [-0.15, -0.1) is 0 Å². The molecular weight excluding hydrogens is 305 g/mol. The maximum Gasteiger partial charge on any atom is 0.416 e. The maximum atomic E-state index is 12.7. The van der Waals surface area contributed by atoms with Gasteiger partial charge in [-0.2, -0.15) is 13.2 Å². The van der Waals surface area contributed by atoms with Crippen molar-refractivity contribution in [2.45, 2.75) is 25.3 Å². The lowest BCUT2D eigenvalue weighted by molar-refractivity contribution is -0.138. The van der Waals surface area contributed by atoms with Crippen LogP contribution >= 0.6 is 0 Å². The Morgan fingerprint density at radius 2 is 1.85 bits per heavy atom. The summed E-state index contributed by atoms with van der Waals surface area (Å²) in [4.78, 5) is 0. The van der Waals surface area contributed by atoms with Crippen molar-refractivity contribution in [3.8, 4) is 0 Å². The number of alkyl halides is 5. The van der Waals surface area contributed by atoms with E-state index in [9.17, 15) is 30.4 Å². The summed E-state index contributed by atoms with van der Waals surface area (Å²) >= 11 is 0. The van der Waals surface area contributed by atoms with Gasteiger partial charge >= 0.3 is 6.18 Å². The van der Waals surface area contributed by atoms with Crippen LogP contribution < -0.4 is 4.72 Å². The summed E-state index contributed by atoms with van der Waals surface area (Å²) in [5.41, 5.74) is -1.12. The van der Waals surface area contributed by atoms with Crippen molar-refractivity contribution in [3.63, 3.8) is 0 Å². The molecule has 0 amide bonds. The molecule has 0 aromatic heterocycles. The van der Waals surface area contributed by atoms with Crippen molar-refractivity contribution in [2.24, 2.45) is 0 Å². The van der Waals surface area contributed by atoms with E-state index in [-0.39, 0.29) is 0 Å². The fourth-order valence-corrected chi connectivity index (χ4v) is 2.69. The molecule has 0 radical (unpaired) electrons. The van der Waals surface area contributed by atoms with E-state index in [1.54, 1.807) is 4.72 Å². The van der Waals surface area contributed by atoms with Gasteiger partial charge in [-0.3, -0.25) is 0 Å². The molecule has 1 rings (SSSR count). The van der Waals surface area contributed by atoms with Crippen molar-refractivity contribution in [3.05, 3.63) is 34.9 Å². The van der Waals surface area contributed by atoms with E-state index in [0.29, 0.717) is 5.56 Å². The molecule has 0 spiro atoms. The van der Waals surface area contributed by atoms with Gasteiger partial charge in [0.1, 0.15) is 0 Å². The van der Waals surface area contributed by atoms with Crippen LogP contribution in [0.5, 0.6) is 0 Å². The summed E-state index contributed by atoms with van der Waals surface area (Å²) in [5, 5.41) is 0. The standard InChI is InChI=1S/C11H12F5NO2S/c1-7-2-3-9(11(14,15)16)8(4-7)6-20(18,19)17-5-10(12)13/h2-4,10,17H,5-6H2,1H3. The molecule has 114 valence electrons. The van der Waals surface area contributed by atoms with E-state index in [1.807, 2.05) is 0 Å². The van der Waals surface area contributed by atoms with Gasteiger partial charge in [-0.1, -0.05) is 17.7 Å². The zero-order valence-corrected chi connectivity index (χ0v) is 11.2. The second-order valence-electron chi connectivity index (χ2n) is 4.16. The third-order valence-electron chi connectivity index (χ3n) is 2.37. The molecule has 3 nitrogen and oxygen atoms in total. The second kappa shape index (κ2) is 6.04. The molecule has 9 heteroatoms. The van der Waals surface area contributed by atoms with Crippen LogP contribution in [0, 0.1) is 6.92 Å². The van der Waals surface area contributed by atoms with E-state index in [0.717, 1.165) is 12.1 Å². The van der Waals surface area contributed by atoms with Gasteiger partial charge in [0.15, 0.2) is 0 Å². The minimum absolute atomic E-state index is 0.442. The van der Waals surface area contributed by atoms with Crippen molar-refractivity contribution in [2.75, 3.05) is 6.54 Å². The molecular formula is C11H12F5NO2S. The first kappa shape index (κ1) is 16.8. The largest absolute Gasteiger partial charge is 0.416 e. The van der Waals surface area contributed by atoms with Gasteiger partial charge in [-0.05, 0) is 18.6 Å². The van der Waals surface area contributed by atoms with Crippen molar-refractivity contribution < 1.29 is 30.4 Å². The topological polar surface area (TPSA) is 46.2 Å². The lowest BCUT2D eigenvalue weighted by atomic mass is 10.1. The Kier molecular flexibility index (Phi) is 5.09. The lowest BCUT2D eigenvalue weighted by Gasteiger charge is -2.14. The summed E-state index contributed by atoms with van der Waals surface area (Å²) in [7, 11) is -4.26. The summed E-state index contributed by atoms with van der Waals surface area (Å²) < 4.78 is 86.6. The highest BCUT2D eigenvalue weighted by molar-refractivity contribution is 7.88. The molecule has 1 aromatic carbocycles. The monoisotopic (exact) mass is 317 g/mol. The van der Waals surface area contributed by atoms with Crippen LogP contribution in [0.25, 0.3) is 0 Å². The van der Waals surface area contributed by atoms with Crippen LogP contribution in [0.15, 0.2) is 18.2 Å². The number of benzene rings is 1. The van der Waals surface area contributed by atoms with E-state index >= 15 is 0 Å². The van der Waals surface area contributed by atoms with Crippen LogP contribution in [0.3, 0.4) is 0 Å². The fourth-order valence-electron chi connectivity index (χ4n) is 1.56. The molecule has 0 unspecified atom stereocenters. The Labute approximate surface area is 112 Å². The average molecular weight is 317 g/mol. The van der Waals surface area contributed by atoms with Gasteiger partial charge in [0.2, 0.25) is 10.0 Å². The smallest absolute Gasteiger partial charge is 0.212 e. The van der Waals surface area contributed by atoms with Crippen molar-refractivity contribution in [1.29, 1.82) is 0 Å². The zero-order chi connectivity index (χ0) is 15.6. The number of aryl methyl sites for hydroxylation is 1. The Morgan fingerprint density at radius 1 is 1.25 bits per heavy atom. The Morgan fingerprint density at radius 3 is 2.35 bits per heavy atom. The zero-order valence-electron chi connectivity index (χ0n) is 10.3. The number of hydrogen-bond donors (Lipinski definition) is 1. The predicted molar refractivity (Wildman–Crippen MR) is 62.8 cm³/mol. The molecule has 1 aromatic rings. The van der Waals surface area contributed by atoms with Crippen LogP contribution in [-0.4, -0.2) is 21.4 Å². The van der Waals surface area contributed by atoms with Gasteiger partial charge in [0, 0.05) is 0 Å². The van der Waals surface area contributed by atoms with Gasteiger partial charge in [0.05, 0.1) is 17.9 Å². The number of halogens is 5. The molecule has 20 heavy (non-hydrogen) atoms. The van der Waals surface area contributed by atoms with Crippen LogP contribution in [0.2, 0.25) is 0 Å².